The van der Waals surface area contributed by atoms with Gasteiger partial charge in [0.2, 0.25) is 0 Å². The van der Waals surface area contributed by atoms with Crippen LogP contribution in [0.15, 0.2) is 60.9 Å². The highest BCUT2D eigenvalue weighted by Gasteiger charge is 2.09. The van der Waals surface area contributed by atoms with Gasteiger partial charge in [-0.25, -0.2) is 9.97 Å². The molecule has 0 aliphatic carbocycles. The summed E-state index contributed by atoms with van der Waals surface area (Å²) in [5.41, 5.74) is 5.07. The van der Waals surface area contributed by atoms with Gasteiger partial charge >= 0.3 is 0 Å². The molecule has 2 aromatic heterocycles. The van der Waals surface area contributed by atoms with Gasteiger partial charge in [-0.2, -0.15) is 0 Å². The summed E-state index contributed by atoms with van der Waals surface area (Å²) in [6, 6.07) is 16.3. The van der Waals surface area contributed by atoms with Gasteiger partial charge in [0.25, 0.3) is 0 Å². The monoisotopic (exact) mass is 274 g/mol. The Morgan fingerprint density at radius 2 is 1.81 bits per heavy atom. The summed E-state index contributed by atoms with van der Waals surface area (Å²) in [5, 5.41) is 3.36. The van der Waals surface area contributed by atoms with Crippen molar-refractivity contribution < 1.29 is 0 Å². The summed E-state index contributed by atoms with van der Waals surface area (Å²) in [6.45, 7) is 2.07. The number of nitrogens with zero attached hydrogens (tertiary/aromatic N) is 3. The van der Waals surface area contributed by atoms with Crippen molar-refractivity contribution in [3.05, 3.63) is 66.5 Å². The molecule has 0 atom stereocenters. The molecule has 4 aromatic rings. The first kappa shape index (κ1) is 11.9. The molecule has 0 aliphatic rings. The lowest BCUT2D eigenvalue weighted by molar-refractivity contribution is 1.21. The fraction of sp³-hybridized carbons (Fsp3) is 0.0588. The van der Waals surface area contributed by atoms with Crippen LogP contribution < -0.4 is 5.32 Å². The number of aromatic nitrogens is 3. The molecule has 102 valence electrons. The SMILES string of the molecule is Cc1ccc(Nc2nc3ccccc3n3ccnc23)cc1. The van der Waals surface area contributed by atoms with Crippen LogP contribution in [0.1, 0.15) is 5.56 Å². The molecule has 0 unspecified atom stereocenters. The van der Waals surface area contributed by atoms with Gasteiger partial charge in [-0.15, -0.1) is 0 Å². The predicted molar refractivity (Wildman–Crippen MR) is 85.0 cm³/mol. The fourth-order valence-electron chi connectivity index (χ4n) is 2.46. The van der Waals surface area contributed by atoms with E-state index in [0.717, 1.165) is 28.2 Å². The van der Waals surface area contributed by atoms with Crippen molar-refractivity contribution in [3.8, 4) is 0 Å². The zero-order valence-corrected chi connectivity index (χ0v) is 11.6. The summed E-state index contributed by atoms with van der Waals surface area (Å²) < 4.78 is 2.05. The molecule has 0 aliphatic heterocycles. The van der Waals surface area contributed by atoms with E-state index in [-0.39, 0.29) is 0 Å². The first-order chi connectivity index (χ1) is 10.3. The number of benzene rings is 2. The lowest BCUT2D eigenvalue weighted by atomic mass is 10.2. The van der Waals surface area contributed by atoms with E-state index in [4.69, 9.17) is 4.98 Å². The van der Waals surface area contributed by atoms with Crippen molar-refractivity contribution in [1.82, 2.24) is 14.4 Å². The first-order valence-electron chi connectivity index (χ1n) is 6.87. The Morgan fingerprint density at radius 3 is 2.67 bits per heavy atom. The summed E-state index contributed by atoms with van der Waals surface area (Å²) in [5.74, 6) is 0.766. The zero-order chi connectivity index (χ0) is 14.2. The minimum Gasteiger partial charge on any atom is -0.337 e. The summed E-state index contributed by atoms with van der Waals surface area (Å²) in [7, 11) is 0. The second-order valence-electron chi connectivity index (χ2n) is 5.06. The molecule has 0 saturated heterocycles. The first-order valence-corrected chi connectivity index (χ1v) is 6.87. The molecule has 4 heteroatoms. The number of imidazole rings is 1. The third kappa shape index (κ3) is 2.01. The molecule has 2 aromatic carbocycles. The molecule has 0 radical (unpaired) electrons. The van der Waals surface area contributed by atoms with Gasteiger partial charge in [-0.3, -0.25) is 4.40 Å². The number of aryl methyl sites for hydroxylation is 1. The normalized spacial score (nSPS) is 11.1. The van der Waals surface area contributed by atoms with Crippen LogP contribution in [-0.2, 0) is 0 Å². The number of fused-ring (bicyclic) bond motifs is 3. The van der Waals surface area contributed by atoms with Crippen molar-refractivity contribution in [2.24, 2.45) is 0 Å². The Kier molecular flexibility index (Phi) is 2.60. The average Bonchev–Trinajstić information content (AvgIpc) is 3.00. The van der Waals surface area contributed by atoms with E-state index in [1.165, 1.54) is 5.56 Å². The highest BCUT2D eigenvalue weighted by atomic mass is 15.1. The van der Waals surface area contributed by atoms with Crippen LogP contribution in [0.2, 0.25) is 0 Å². The number of anilines is 2. The Hall–Kier alpha value is -2.88. The van der Waals surface area contributed by atoms with Gasteiger partial charge < -0.3 is 5.32 Å². The standard InChI is InChI=1S/C17H14N4/c1-12-6-8-13(9-7-12)19-16-17-18-10-11-21(17)15-5-3-2-4-14(15)20-16/h2-11H,1H3,(H,19,20). The predicted octanol–water partition coefficient (Wildman–Crippen LogP) is 3.93. The minimum absolute atomic E-state index is 0.766. The molecule has 1 N–H and O–H groups in total. The molecular formula is C17H14N4. The van der Waals surface area contributed by atoms with Gasteiger partial charge in [0.1, 0.15) is 0 Å². The van der Waals surface area contributed by atoms with Crippen molar-refractivity contribution in [3.63, 3.8) is 0 Å². The van der Waals surface area contributed by atoms with Crippen molar-refractivity contribution >= 4 is 28.2 Å². The van der Waals surface area contributed by atoms with E-state index in [1.54, 1.807) is 6.20 Å². The van der Waals surface area contributed by atoms with Gasteiger partial charge in [-0.05, 0) is 31.2 Å². The molecule has 0 amide bonds. The Morgan fingerprint density at radius 1 is 1.00 bits per heavy atom. The highest BCUT2D eigenvalue weighted by Crippen LogP contribution is 2.23. The van der Waals surface area contributed by atoms with Crippen molar-refractivity contribution in [1.29, 1.82) is 0 Å². The average molecular weight is 274 g/mol. The van der Waals surface area contributed by atoms with Crippen LogP contribution >= 0.6 is 0 Å². The van der Waals surface area contributed by atoms with E-state index in [1.807, 2.05) is 42.6 Å². The number of hydrogen-bond acceptors (Lipinski definition) is 3. The molecule has 2 heterocycles. The van der Waals surface area contributed by atoms with Crippen LogP contribution in [0.4, 0.5) is 11.5 Å². The van der Waals surface area contributed by atoms with Gasteiger partial charge in [-0.1, -0.05) is 29.8 Å². The zero-order valence-electron chi connectivity index (χ0n) is 11.6. The van der Waals surface area contributed by atoms with Gasteiger partial charge in [0.05, 0.1) is 11.0 Å². The maximum atomic E-state index is 4.70. The van der Waals surface area contributed by atoms with Crippen molar-refractivity contribution in [2.45, 2.75) is 6.92 Å². The Bertz CT molecular complexity index is 922. The second-order valence-corrected chi connectivity index (χ2v) is 5.06. The van der Waals surface area contributed by atoms with Crippen LogP contribution in [-0.4, -0.2) is 14.4 Å². The van der Waals surface area contributed by atoms with Gasteiger partial charge in [0.15, 0.2) is 11.5 Å². The summed E-state index contributed by atoms with van der Waals surface area (Å²) in [6.07, 6.45) is 3.75. The van der Waals surface area contributed by atoms with E-state index in [9.17, 15) is 0 Å². The molecule has 0 fully saturated rings. The molecular weight excluding hydrogens is 260 g/mol. The second kappa shape index (κ2) is 4.59. The van der Waals surface area contributed by atoms with Gasteiger partial charge in [0, 0.05) is 18.1 Å². The maximum Gasteiger partial charge on any atom is 0.180 e. The molecule has 21 heavy (non-hydrogen) atoms. The molecule has 4 nitrogen and oxygen atoms in total. The lowest BCUT2D eigenvalue weighted by Crippen LogP contribution is -1.99. The topological polar surface area (TPSA) is 42.2 Å². The molecule has 0 bridgehead atoms. The highest BCUT2D eigenvalue weighted by molar-refractivity contribution is 5.84. The van der Waals surface area contributed by atoms with Crippen molar-refractivity contribution in [2.75, 3.05) is 5.32 Å². The smallest absolute Gasteiger partial charge is 0.180 e. The fourth-order valence-corrected chi connectivity index (χ4v) is 2.46. The number of rotatable bonds is 2. The maximum absolute atomic E-state index is 4.70. The minimum atomic E-state index is 0.766. The lowest BCUT2D eigenvalue weighted by Gasteiger charge is -2.09. The third-order valence-corrected chi connectivity index (χ3v) is 3.54. The Labute approximate surface area is 122 Å². The van der Waals surface area contributed by atoms with E-state index < -0.39 is 0 Å². The molecule has 0 saturated carbocycles. The third-order valence-electron chi connectivity index (χ3n) is 3.54. The van der Waals surface area contributed by atoms with Crippen LogP contribution in [0.5, 0.6) is 0 Å². The van der Waals surface area contributed by atoms with E-state index in [2.05, 4.69) is 33.8 Å². The molecule has 4 rings (SSSR count). The molecule has 0 spiro atoms. The number of nitrogens with one attached hydrogen (secondary N) is 1. The van der Waals surface area contributed by atoms with E-state index in [0.29, 0.717) is 0 Å². The largest absolute Gasteiger partial charge is 0.337 e. The summed E-state index contributed by atoms with van der Waals surface area (Å²) >= 11 is 0. The number of hydrogen-bond donors (Lipinski definition) is 1. The van der Waals surface area contributed by atoms with Crippen LogP contribution in [0.3, 0.4) is 0 Å². The van der Waals surface area contributed by atoms with E-state index >= 15 is 0 Å². The summed E-state index contributed by atoms with van der Waals surface area (Å²) in [4.78, 5) is 9.12. The van der Waals surface area contributed by atoms with Crippen LogP contribution in [0, 0.1) is 6.92 Å². The quantitative estimate of drug-likeness (QED) is 0.602. The van der Waals surface area contributed by atoms with Crippen LogP contribution in [0.25, 0.3) is 16.7 Å². The Balaban J connectivity index is 1.90. The number of para-hydroxylation sites is 2.